The maximum absolute atomic E-state index is 5.59. The molecule has 14 heavy (non-hydrogen) atoms. The Morgan fingerprint density at radius 1 is 1.57 bits per heavy atom. The highest BCUT2D eigenvalue weighted by Gasteiger charge is 2.24. The molecule has 4 nitrogen and oxygen atoms in total. The van der Waals surface area contributed by atoms with Crippen molar-refractivity contribution in [3.8, 4) is 0 Å². The molecule has 0 spiro atoms. The molecule has 0 aromatic carbocycles. The smallest absolute Gasteiger partial charge is 0.318 e. The molecule has 78 valence electrons. The molecule has 0 N–H and O–H groups in total. The average Bonchev–Trinajstić information content (AvgIpc) is 2.86. The molecular formula is C9H14ClN3O. The highest BCUT2D eigenvalue weighted by atomic mass is 35.5. The Morgan fingerprint density at radius 3 is 3.00 bits per heavy atom. The SMILES string of the molecule is CCC1CCN(c2nnc(CCl)o2)C1. The van der Waals surface area contributed by atoms with Crippen molar-refractivity contribution in [3.05, 3.63) is 5.89 Å². The van der Waals surface area contributed by atoms with E-state index in [4.69, 9.17) is 16.0 Å². The van der Waals surface area contributed by atoms with E-state index in [1.54, 1.807) is 0 Å². The van der Waals surface area contributed by atoms with Gasteiger partial charge in [-0.05, 0) is 12.3 Å². The molecule has 1 aromatic rings. The van der Waals surface area contributed by atoms with Crippen LogP contribution in [0.15, 0.2) is 4.42 Å². The van der Waals surface area contributed by atoms with Crippen LogP contribution in [0.1, 0.15) is 25.7 Å². The van der Waals surface area contributed by atoms with E-state index in [0.717, 1.165) is 19.0 Å². The van der Waals surface area contributed by atoms with Crippen molar-refractivity contribution in [2.75, 3.05) is 18.0 Å². The highest BCUT2D eigenvalue weighted by molar-refractivity contribution is 6.16. The predicted octanol–water partition coefficient (Wildman–Crippen LogP) is 2.04. The normalized spacial score (nSPS) is 21.9. The summed E-state index contributed by atoms with van der Waals surface area (Å²) in [5.74, 6) is 1.56. The molecule has 1 saturated heterocycles. The summed E-state index contributed by atoms with van der Waals surface area (Å²) in [4.78, 5) is 2.14. The second-order valence-corrected chi connectivity index (χ2v) is 3.89. The Kier molecular flexibility index (Phi) is 2.91. The standard InChI is InChI=1S/C9H14ClN3O/c1-2-7-3-4-13(6-7)9-12-11-8(5-10)14-9/h7H,2-6H2,1H3. The zero-order valence-electron chi connectivity index (χ0n) is 8.24. The van der Waals surface area contributed by atoms with Crippen LogP contribution in [-0.2, 0) is 5.88 Å². The molecule has 2 heterocycles. The van der Waals surface area contributed by atoms with Crippen molar-refractivity contribution >= 4 is 17.6 Å². The predicted molar refractivity (Wildman–Crippen MR) is 54.5 cm³/mol. The third-order valence-corrected chi connectivity index (χ3v) is 2.93. The third-order valence-electron chi connectivity index (χ3n) is 2.70. The van der Waals surface area contributed by atoms with Crippen LogP contribution in [0.25, 0.3) is 0 Å². The minimum absolute atomic E-state index is 0.290. The number of halogens is 1. The summed E-state index contributed by atoms with van der Waals surface area (Å²) in [6.45, 7) is 4.26. The van der Waals surface area contributed by atoms with E-state index in [1.165, 1.54) is 12.8 Å². The second kappa shape index (κ2) is 4.17. The highest BCUT2D eigenvalue weighted by Crippen LogP contribution is 2.24. The summed E-state index contributed by atoms with van der Waals surface area (Å²) < 4.78 is 5.38. The Hall–Kier alpha value is -0.770. The van der Waals surface area contributed by atoms with Crippen LogP contribution in [0.5, 0.6) is 0 Å². The van der Waals surface area contributed by atoms with Gasteiger partial charge in [-0.3, -0.25) is 0 Å². The van der Waals surface area contributed by atoms with Gasteiger partial charge >= 0.3 is 6.01 Å². The van der Waals surface area contributed by atoms with Gasteiger partial charge in [0.15, 0.2) is 0 Å². The lowest BCUT2D eigenvalue weighted by Gasteiger charge is -2.11. The molecule has 5 heteroatoms. The van der Waals surface area contributed by atoms with Crippen molar-refractivity contribution < 1.29 is 4.42 Å². The van der Waals surface area contributed by atoms with Gasteiger partial charge in [0.05, 0.1) is 0 Å². The summed E-state index contributed by atoms with van der Waals surface area (Å²) >= 11 is 5.59. The number of nitrogens with zero attached hydrogens (tertiary/aromatic N) is 3. The first-order valence-corrected chi connectivity index (χ1v) is 5.50. The van der Waals surface area contributed by atoms with E-state index in [0.29, 0.717) is 11.9 Å². The Balaban J connectivity index is 2.02. The summed E-state index contributed by atoms with van der Waals surface area (Å²) in [7, 11) is 0. The monoisotopic (exact) mass is 215 g/mol. The molecule has 2 rings (SSSR count). The number of anilines is 1. The quantitative estimate of drug-likeness (QED) is 0.724. The van der Waals surface area contributed by atoms with Crippen LogP contribution in [-0.4, -0.2) is 23.3 Å². The van der Waals surface area contributed by atoms with Gasteiger partial charge in [-0.25, -0.2) is 0 Å². The molecular weight excluding hydrogens is 202 g/mol. The van der Waals surface area contributed by atoms with Gasteiger partial charge in [0, 0.05) is 13.1 Å². The van der Waals surface area contributed by atoms with Gasteiger partial charge < -0.3 is 9.32 Å². The summed E-state index contributed by atoms with van der Waals surface area (Å²) in [5, 5.41) is 7.80. The van der Waals surface area contributed by atoms with Gasteiger partial charge in [-0.2, -0.15) is 0 Å². The summed E-state index contributed by atoms with van der Waals surface area (Å²) in [6, 6.07) is 0.622. The van der Waals surface area contributed by atoms with E-state index < -0.39 is 0 Å². The molecule has 0 saturated carbocycles. The molecule has 1 aliphatic heterocycles. The molecule has 1 aromatic heterocycles. The maximum atomic E-state index is 5.59. The zero-order valence-corrected chi connectivity index (χ0v) is 9.00. The Labute approximate surface area is 88.2 Å². The van der Waals surface area contributed by atoms with Gasteiger partial charge in [-0.1, -0.05) is 18.4 Å². The molecule has 1 unspecified atom stereocenters. The minimum Gasteiger partial charge on any atom is -0.407 e. The van der Waals surface area contributed by atoms with Crippen LogP contribution in [0.2, 0.25) is 0 Å². The van der Waals surface area contributed by atoms with Gasteiger partial charge in [0.1, 0.15) is 5.88 Å². The lowest BCUT2D eigenvalue weighted by Crippen LogP contribution is -2.19. The van der Waals surface area contributed by atoms with Gasteiger partial charge in [0.2, 0.25) is 5.89 Å². The number of alkyl halides is 1. The average molecular weight is 216 g/mol. The molecule has 0 bridgehead atoms. The number of hydrogen-bond acceptors (Lipinski definition) is 4. The zero-order chi connectivity index (χ0) is 9.97. The van der Waals surface area contributed by atoms with E-state index in [2.05, 4.69) is 22.0 Å². The number of aromatic nitrogens is 2. The van der Waals surface area contributed by atoms with Gasteiger partial charge in [-0.15, -0.1) is 16.7 Å². The van der Waals surface area contributed by atoms with Crippen molar-refractivity contribution in [2.24, 2.45) is 5.92 Å². The molecule has 0 amide bonds. The van der Waals surface area contributed by atoms with Crippen molar-refractivity contribution in [1.82, 2.24) is 10.2 Å². The Morgan fingerprint density at radius 2 is 2.43 bits per heavy atom. The summed E-state index contributed by atoms with van der Waals surface area (Å²) in [6.07, 6.45) is 2.43. The van der Waals surface area contributed by atoms with E-state index >= 15 is 0 Å². The van der Waals surface area contributed by atoms with Crippen molar-refractivity contribution in [3.63, 3.8) is 0 Å². The number of hydrogen-bond donors (Lipinski definition) is 0. The van der Waals surface area contributed by atoms with Crippen molar-refractivity contribution in [1.29, 1.82) is 0 Å². The molecule has 1 atom stereocenters. The molecule has 0 aliphatic carbocycles. The molecule has 0 radical (unpaired) electrons. The van der Waals surface area contributed by atoms with E-state index in [1.807, 2.05) is 0 Å². The minimum atomic E-state index is 0.290. The van der Waals surface area contributed by atoms with E-state index in [9.17, 15) is 0 Å². The lowest BCUT2D eigenvalue weighted by atomic mass is 10.1. The lowest BCUT2D eigenvalue weighted by molar-refractivity contribution is 0.502. The first kappa shape index (κ1) is 9.77. The van der Waals surface area contributed by atoms with Crippen molar-refractivity contribution in [2.45, 2.75) is 25.6 Å². The van der Waals surface area contributed by atoms with Crippen LogP contribution in [0.3, 0.4) is 0 Å². The largest absolute Gasteiger partial charge is 0.407 e. The third kappa shape index (κ3) is 1.85. The van der Waals surface area contributed by atoms with Crippen LogP contribution in [0, 0.1) is 5.92 Å². The van der Waals surface area contributed by atoms with Gasteiger partial charge in [0.25, 0.3) is 0 Å². The Bertz CT molecular complexity index is 302. The number of rotatable bonds is 3. The first-order valence-electron chi connectivity index (χ1n) is 4.96. The van der Waals surface area contributed by atoms with E-state index in [-0.39, 0.29) is 5.88 Å². The molecule has 1 fully saturated rings. The van der Waals surface area contributed by atoms with Crippen LogP contribution < -0.4 is 4.90 Å². The topological polar surface area (TPSA) is 42.2 Å². The second-order valence-electron chi connectivity index (χ2n) is 3.62. The maximum Gasteiger partial charge on any atom is 0.318 e. The first-order chi connectivity index (χ1) is 6.83. The fourth-order valence-electron chi connectivity index (χ4n) is 1.77. The molecule has 1 aliphatic rings. The summed E-state index contributed by atoms with van der Waals surface area (Å²) in [5.41, 5.74) is 0. The van der Waals surface area contributed by atoms with Crippen LogP contribution in [0.4, 0.5) is 6.01 Å². The van der Waals surface area contributed by atoms with Crippen LogP contribution >= 0.6 is 11.6 Å². The fourth-order valence-corrected chi connectivity index (χ4v) is 1.87. The fraction of sp³-hybridized carbons (Fsp3) is 0.778.